The van der Waals surface area contributed by atoms with Crippen molar-refractivity contribution >= 4 is 17.2 Å². The molecule has 0 aromatic carbocycles. The minimum atomic E-state index is 0.310. The molecule has 2 fully saturated rings. The van der Waals surface area contributed by atoms with Crippen molar-refractivity contribution in [2.45, 2.75) is 31.7 Å². The van der Waals surface area contributed by atoms with Gasteiger partial charge in [-0.1, -0.05) is 6.07 Å². The Balaban J connectivity index is 1.52. The highest BCUT2D eigenvalue weighted by Gasteiger charge is 2.42. The molecule has 1 amide bonds. The van der Waals surface area contributed by atoms with E-state index in [1.807, 2.05) is 11.0 Å². The molecule has 18 heavy (non-hydrogen) atoms. The fraction of sp³-hybridized carbons (Fsp3) is 0.643. The fourth-order valence-electron chi connectivity index (χ4n) is 3.35. The zero-order valence-corrected chi connectivity index (χ0v) is 11.4. The largest absolute Gasteiger partial charge is 0.342 e. The number of likely N-dealkylation sites (tertiary alicyclic amines) is 1. The molecule has 2 aliphatic rings. The van der Waals surface area contributed by atoms with Crippen LogP contribution in [0.2, 0.25) is 0 Å². The summed E-state index contributed by atoms with van der Waals surface area (Å²) in [5.74, 6) is 1.55. The predicted molar refractivity (Wildman–Crippen MR) is 73.4 cm³/mol. The van der Waals surface area contributed by atoms with Gasteiger partial charge in [-0.3, -0.25) is 4.79 Å². The molecule has 1 aliphatic carbocycles. The van der Waals surface area contributed by atoms with E-state index in [-0.39, 0.29) is 0 Å². The molecule has 2 N–H and O–H groups in total. The van der Waals surface area contributed by atoms with E-state index < -0.39 is 0 Å². The van der Waals surface area contributed by atoms with Gasteiger partial charge in [0, 0.05) is 30.4 Å². The van der Waals surface area contributed by atoms with Gasteiger partial charge in [0.1, 0.15) is 0 Å². The molecule has 0 unspecified atom stereocenters. The van der Waals surface area contributed by atoms with Crippen molar-refractivity contribution in [3.63, 3.8) is 0 Å². The van der Waals surface area contributed by atoms with Crippen LogP contribution in [0.4, 0.5) is 0 Å². The van der Waals surface area contributed by atoms with Gasteiger partial charge in [-0.25, -0.2) is 0 Å². The van der Waals surface area contributed by atoms with E-state index in [0.29, 0.717) is 30.2 Å². The standard InChI is InChI=1S/C14H20N2OS/c15-13-5-3-10-8-16(9-12(10)13)14(17)6-4-11-2-1-7-18-11/h1-2,7,10,12-13H,3-6,8-9,15H2/t10-,12+,13+/m0/s1. The minimum absolute atomic E-state index is 0.310. The number of hydrogen-bond acceptors (Lipinski definition) is 3. The zero-order chi connectivity index (χ0) is 12.5. The lowest BCUT2D eigenvalue weighted by Crippen LogP contribution is -2.33. The third kappa shape index (κ3) is 2.31. The van der Waals surface area contributed by atoms with Crippen LogP contribution in [-0.2, 0) is 11.2 Å². The first-order chi connectivity index (χ1) is 8.74. The van der Waals surface area contributed by atoms with Crippen molar-refractivity contribution in [3.05, 3.63) is 22.4 Å². The number of carbonyl (C=O) groups excluding carboxylic acids is 1. The third-order valence-electron chi connectivity index (χ3n) is 4.43. The number of carbonyl (C=O) groups is 1. The highest BCUT2D eigenvalue weighted by molar-refractivity contribution is 7.09. The summed E-state index contributed by atoms with van der Waals surface area (Å²) in [6.07, 6.45) is 3.89. The molecule has 1 aliphatic heterocycles. The molecule has 2 heterocycles. The number of thiophene rings is 1. The number of nitrogens with zero attached hydrogens (tertiary/aromatic N) is 1. The smallest absolute Gasteiger partial charge is 0.222 e. The van der Waals surface area contributed by atoms with Crippen LogP contribution in [0.3, 0.4) is 0 Å². The average Bonchev–Trinajstić information content (AvgIpc) is 3.05. The molecule has 1 aromatic heterocycles. The monoisotopic (exact) mass is 264 g/mol. The van der Waals surface area contributed by atoms with Crippen molar-refractivity contribution < 1.29 is 4.79 Å². The first-order valence-electron chi connectivity index (χ1n) is 6.80. The second-order valence-corrected chi connectivity index (χ2v) is 6.58. The van der Waals surface area contributed by atoms with Gasteiger partial charge in [0.05, 0.1) is 0 Å². The molecule has 1 saturated heterocycles. The Morgan fingerprint density at radius 1 is 1.44 bits per heavy atom. The van der Waals surface area contributed by atoms with E-state index in [4.69, 9.17) is 5.73 Å². The summed E-state index contributed by atoms with van der Waals surface area (Å²) >= 11 is 1.73. The maximum Gasteiger partial charge on any atom is 0.222 e. The molecule has 4 heteroatoms. The number of aryl methyl sites for hydroxylation is 1. The number of nitrogens with two attached hydrogens (primary N) is 1. The van der Waals surface area contributed by atoms with Gasteiger partial charge < -0.3 is 10.6 Å². The van der Waals surface area contributed by atoms with E-state index in [1.54, 1.807) is 11.3 Å². The lowest BCUT2D eigenvalue weighted by atomic mass is 9.98. The molecule has 98 valence electrons. The molecule has 3 rings (SSSR count). The fourth-order valence-corrected chi connectivity index (χ4v) is 4.06. The van der Waals surface area contributed by atoms with E-state index in [0.717, 1.165) is 25.9 Å². The first-order valence-corrected chi connectivity index (χ1v) is 7.68. The highest BCUT2D eigenvalue weighted by Crippen LogP contribution is 2.37. The van der Waals surface area contributed by atoms with Crippen LogP contribution in [0.1, 0.15) is 24.1 Å². The molecule has 0 bridgehead atoms. The Hall–Kier alpha value is -0.870. The van der Waals surface area contributed by atoms with Gasteiger partial charge in [0.15, 0.2) is 0 Å². The molecule has 1 saturated carbocycles. The van der Waals surface area contributed by atoms with Crippen LogP contribution in [0.25, 0.3) is 0 Å². The number of hydrogen-bond donors (Lipinski definition) is 1. The minimum Gasteiger partial charge on any atom is -0.342 e. The van der Waals surface area contributed by atoms with Crippen molar-refractivity contribution in [1.29, 1.82) is 0 Å². The molecular weight excluding hydrogens is 244 g/mol. The first kappa shape index (κ1) is 12.2. The van der Waals surface area contributed by atoms with Crippen molar-refractivity contribution in [2.75, 3.05) is 13.1 Å². The molecule has 1 aromatic rings. The van der Waals surface area contributed by atoms with Gasteiger partial charge in [-0.05, 0) is 42.5 Å². The van der Waals surface area contributed by atoms with E-state index in [2.05, 4.69) is 11.4 Å². The maximum absolute atomic E-state index is 12.2. The van der Waals surface area contributed by atoms with Gasteiger partial charge >= 0.3 is 0 Å². The zero-order valence-electron chi connectivity index (χ0n) is 10.5. The van der Waals surface area contributed by atoms with Gasteiger partial charge in [0.25, 0.3) is 0 Å². The second kappa shape index (κ2) is 5.02. The van der Waals surface area contributed by atoms with Crippen molar-refractivity contribution in [2.24, 2.45) is 17.6 Å². The topological polar surface area (TPSA) is 46.3 Å². The van der Waals surface area contributed by atoms with Crippen LogP contribution in [0, 0.1) is 11.8 Å². The predicted octanol–water partition coefficient (Wildman–Crippen LogP) is 1.88. The SMILES string of the molecule is N[C@@H]1CC[C@H]2CN(C(=O)CCc3cccs3)C[C@H]21. The van der Waals surface area contributed by atoms with Crippen LogP contribution in [-0.4, -0.2) is 29.9 Å². The Morgan fingerprint density at radius 3 is 3.06 bits per heavy atom. The molecule has 0 radical (unpaired) electrons. The van der Waals surface area contributed by atoms with Crippen LogP contribution >= 0.6 is 11.3 Å². The van der Waals surface area contributed by atoms with E-state index in [9.17, 15) is 4.79 Å². The second-order valence-electron chi connectivity index (χ2n) is 5.54. The summed E-state index contributed by atoms with van der Waals surface area (Å²) in [7, 11) is 0. The van der Waals surface area contributed by atoms with E-state index >= 15 is 0 Å². The maximum atomic E-state index is 12.2. The summed E-state index contributed by atoms with van der Waals surface area (Å²) < 4.78 is 0. The van der Waals surface area contributed by atoms with Gasteiger partial charge in [-0.15, -0.1) is 11.3 Å². The van der Waals surface area contributed by atoms with E-state index in [1.165, 1.54) is 11.3 Å². The average molecular weight is 264 g/mol. The lowest BCUT2D eigenvalue weighted by molar-refractivity contribution is -0.130. The van der Waals surface area contributed by atoms with Gasteiger partial charge in [-0.2, -0.15) is 0 Å². The number of amides is 1. The molecule has 3 atom stereocenters. The van der Waals surface area contributed by atoms with Crippen LogP contribution in [0.5, 0.6) is 0 Å². The summed E-state index contributed by atoms with van der Waals surface area (Å²) in [5.41, 5.74) is 6.10. The number of rotatable bonds is 3. The Bertz CT molecular complexity index is 417. The number of fused-ring (bicyclic) bond motifs is 1. The quantitative estimate of drug-likeness (QED) is 0.906. The van der Waals surface area contributed by atoms with Crippen molar-refractivity contribution in [1.82, 2.24) is 4.90 Å². The third-order valence-corrected chi connectivity index (χ3v) is 5.37. The Kier molecular flexibility index (Phi) is 3.39. The van der Waals surface area contributed by atoms with Crippen LogP contribution < -0.4 is 5.73 Å². The van der Waals surface area contributed by atoms with Crippen molar-refractivity contribution in [3.8, 4) is 0 Å². The Morgan fingerprint density at radius 2 is 2.33 bits per heavy atom. The molecular formula is C14H20N2OS. The summed E-state index contributed by atoms with van der Waals surface area (Å²) in [4.78, 5) is 15.5. The van der Waals surface area contributed by atoms with Crippen LogP contribution in [0.15, 0.2) is 17.5 Å². The molecule has 3 nitrogen and oxygen atoms in total. The summed E-state index contributed by atoms with van der Waals surface area (Å²) in [6, 6.07) is 4.47. The summed E-state index contributed by atoms with van der Waals surface area (Å²) in [6.45, 7) is 1.84. The molecule has 0 spiro atoms. The highest BCUT2D eigenvalue weighted by atomic mass is 32.1. The summed E-state index contributed by atoms with van der Waals surface area (Å²) in [5, 5.41) is 2.07. The van der Waals surface area contributed by atoms with Gasteiger partial charge in [0.2, 0.25) is 5.91 Å². The normalized spacial score (nSPS) is 30.7. The lowest BCUT2D eigenvalue weighted by Gasteiger charge is -2.18. The Labute approximate surface area is 112 Å².